The van der Waals surface area contributed by atoms with Crippen molar-refractivity contribution < 1.29 is 14.4 Å². The number of likely N-dealkylation sites (tertiary alicyclic amines) is 2. The lowest BCUT2D eigenvalue weighted by Gasteiger charge is -2.37. The van der Waals surface area contributed by atoms with Crippen LogP contribution < -0.4 is 10.6 Å². The van der Waals surface area contributed by atoms with E-state index >= 15 is 0 Å². The molecule has 0 bridgehead atoms. The van der Waals surface area contributed by atoms with Crippen molar-refractivity contribution in [1.82, 2.24) is 25.4 Å². The third-order valence-electron chi connectivity index (χ3n) is 7.76. The molecule has 3 heterocycles. The minimum atomic E-state index is -0.675. The van der Waals surface area contributed by atoms with Gasteiger partial charge < -0.3 is 20.4 Å². The van der Waals surface area contributed by atoms with Crippen LogP contribution in [0.5, 0.6) is 0 Å². The summed E-state index contributed by atoms with van der Waals surface area (Å²) < 4.78 is 0. The molecule has 2 unspecified atom stereocenters. The Morgan fingerprint density at radius 3 is 2.34 bits per heavy atom. The standard InChI is InChI=1S/C29H41N5O3S/c1-19-24(38-18-31-19)21-10-8-20(9-11-21)17-30-27(36)23-7-6-14-34(23)28(37)25(29(2,3)4)32-26(35)22-12-15-33(5)16-13-22/h8-11,18,22-23,25H,6-7,12-17H2,1-5H3,(H,30,36)(H,32,35). The predicted molar refractivity (Wildman–Crippen MR) is 150 cm³/mol. The molecule has 2 atom stereocenters. The molecule has 0 radical (unpaired) electrons. The number of hydrogen-bond donors (Lipinski definition) is 2. The molecule has 2 N–H and O–H groups in total. The van der Waals surface area contributed by atoms with Gasteiger partial charge in [-0.1, -0.05) is 45.0 Å². The Balaban J connectivity index is 1.37. The number of piperidine rings is 1. The fourth-order valence-corrected chi connectivity index (χ4v) is 6.12. The zero-order valence-electron chi connectivity index (χ0n) is 23.3. The molecular formula is C29H41N5O3S. The Hall–Kier alpha value is -2.78. The second kappa shape index (κ2) is 11.9. The molecule has 0 spiro atoms. The van der Waals surface area contributed by atoms with E-state index in [9.17, 15) is 14.4 Å². The number of carbonyl (C=O) groups is 3. The van der Waals surface area contributed by atoms with Gasteiger partial charge in [0.05, 0.1) is 16.1 Å². The molecule has 2 aliphatic heterocycles. The number of nitrogens with one attached hydrogen (secondary N) is 2. The van der Waals surface area contributed by atoms with Crippen LogP contribution >= 0.6 is 11.3 Å². The maximum absolute atomic E-state index is 13.7. The van der Waals surface area contributed by atoms with Crippen LogP contribution in [0.2, 0.25) is 0 Å². The van der Waals surface area contributed by atoms with Crippen LogP contribution in [0.1, 0.15) is 57.7 Å². The molecule has 2 saturated heterocycles. The molecule has 206 valence electrons. The molecule has 1 aromatic carbocycles. The number of nitrogens with zero attached hydrogens (tertiary/aromatic N) is 3. The number of thiazole rings is 1. The van der Waals surface area contributed by atoms with Crippen LogP contribution in [-0.4, -0.2) is 71.3 Å². The van der Waals surface area contributed by atoms with E-state index in [0.717, 1.165) is 54.0 Å². The van der Waals surface area contributed by atoms with E-state index in [2.05, 4.69) is 27.6 Å². The summed E-state index contributed by atoms with van der Waals surface area (Å²) in [5.74, 6) is -0.440. The molecule has 2 aliphatic rings. The molecule has 4 rings (SSSR count). The van der Waals surface area contributed by atoms with E-state index in [1.165, 1.54) is 0 Å². The topological polar surface area (TPSA) is 94.6 Å². The minimum Gasteiger partial charge on any atom is -0.350 e. The van der Waals surface area contributed by atoms with Crippen molar-refractivity contribution in [3.63, 3.8) is 0 Å². The highest BCUT2D eigenvalue weighted by atomic mass is 32.1. The smallest absolute Gasteiger partial charge is 0.246 e. The summed E-state index contributed by atoms with van der Waals surface area (Å²) in [5.41, 5.74) is 4.50. The van der Waals surface area contributed by atoms with Crippen LogP contribution in [0, 0.1) is 18.3 Å². The van der Waals surface area contributed by atoms with Gasteiger partial charge in [-0.2, -0.15) is 0 Å². The van der Waals surface area contributed by atoms with E-state index in [0.29, 0.717) is 19.5 Å². The fraction of sp³-hybridized carbons (Fsp3) is 0.586. The fourth-order valence-electron chi connectivity index (χ4n) is 5.31. The van der Waals surface area contributed by atoms with Crippen molar-refractivity contribution >= 4 is 29.1 Å². The summed E-state index contributed by atoms with van der Waals surface area (Å²) in [6, 6.07) is 6.93. The molecule has 38 heavy (non-hydrogen) atoms. The predicted octanol–water partition coefficient (Wildman–Crippen LogP) is 3.60. The first kappa shape index (κ1) is 28.2. The third-order valence-corrected chi connectivity index (χ3v) is 8.73. The van der Waals surface area contributed by atoms with E-state index in [4.69, 9.17) is 0 Å². The molecule has 8 nitrogen and oxygen atoms in total. The summed E-state index contributed by atoms with van der Waals surface area (Å²) in [4.78, 5) is 49.4. The monoisotopic (exact) mass is 539 g/mol. The van der Waals surface area contributed by atoms with E-state index in [1.54, 1.807) is 16.2 Å². The van der Waals surface area contributed by atoms with Crippen LogP contribution in [-0.2, 0) is 20.9 Å². The first-order valence-electron chi connectivity index (χ1n) is 13.6. The van der Waals surface area contributed by atoms with Gasteiger partial charge in [-0.05, 0) is 69.3 Å². The van der Waals surface area contributed by atoms with E-state index in [1.807, 2.05) is 57.5 Å². The zero-order chi connectivity index (χ0) is 27.4. The number of aromatic nitrogens is 1. The Labute approximate surface area is 230 Å². The van der Waals surface area contributed by atoms with Crippen molar-refractivity contribution in [1.29, 1.82) is 0 Å². The second-order valence-electron chi connectivity index (χ2n) is 11.8. The van der Waals surface area contributed by atoms with Crippen LogP contribution in [0.3, 0.4) is 0 Å². The number of benzene rings is 1. The minimum absolute atomic E-state index is 0.0523. The van der Waals surface area contributed by atoms with Gasteiger partial charge in [0.2, 0.25) is 17.7 Å². The number of rotatable bonds is 7. The first-order valence-corrected chi connectivity index (χ1v) is 14.5. The summed E-state index contributed by atoms with van der Waals surface area (Å²) in [6.45, 7) is 10.6. The number of hydrogen-bond acceptors (Lipinski definition) is 6. The highest BCUT2D eigenvalue weighted by molar-refractivity contribution is 7.13. The number of amides is 3. The zero-order valence-corrected chi connectivity index (χ0v) is 24.1. The first-order chi connectivity index (χ1) is 18.0. The lowest BCUT2D eigenvalue weighted by molar-refractivity contribution is -0.144. The number of carbonyl (C=O) groups excluding carboxylic acids is 3. The van der Waals surface area contributed by atoms with Crippen molar-refractivity contribution in [2.45, 2.75) is 72.0 Å². The molecule has 9 heteroatoms. The SMILES string of the molecule is Cc1ncsc1-c1ccc(CNC(=O)C2CCCN2C(=O)C(NC(=O)C2CCN(C)CC2)C(C)(C)C)cc1. The van der Waals surface area contributed by atoms with Crippen molar-refractivity contribution in [2.75, 3.05) is 26.7 Å². The molecule has 3 amide bonds. The highest BCUT2D eigenvalue weighted by Crippen LogP contribution is 2.28. The third kappa shape index (κ3) is 6.61. The quantitative estimate of drug-likeness (QED) is 0.561. The van der Waals surface area contributed by atoms with Crippen LogP contribution in [0.25, 0.3) is 10.4 Å². The van der Waals surface area contributed by atoms with Gasteiger partial charge in [-0.15, -0.1) is 11.3 Å². The van der Waals surface area contributed by atoms with Crippen LogP contribution in [0.4, 0.5) is 0 Å². The van der Waals surface area contributed by atoms with E-state index in [-0.39, 0.29) is 23.6 Å². The summed E-state index contributed by atoms with van der Waals surface area (Å²) in [6.07, 6.45) is 2.99. The number of aryl methyl sites for hydroxylation is 1. The average molecular weight is 540 g/mol. The second-order valence-corrected chi connectivity index (χ2v) is 12.6. The van der Waals surface area contributed by atoms with Gasteiger partial charge >= 0.3 is 0 Å². The van der Waals surface area contributed by atoms with Gasteiger partial charge in [0.1, 0.15) is 12.1 Å². The summed E-state index contributed by atoms with van der Waals surface area (Å²) in [7, 11) is 2.06. The van der Waals surface area contributed by atoms with E-state index < -0.39 is 17.5 Å². The molecule has 2 fully saturated rings. The Morgan fingerprint density at radius 2 is 1.74 bits per heavy atom. The van der Waals surface area contributed by atoms with Crippen LogP contribution in [0.15, 0.2) is 29.8 Å². The van der Waals surface area contributed by atoms with Gasteiger partial charge in [0.25, 0.3) is 0 Å². The Bertz CT molecular complexity index is 1130. The Kier molecular flexibility index (Phi) is 8.88. The lowest BCUT2D eigenvalue weighted by Crippen LogP contribution is -2.58. The van der Waals surface area contributed by atoms with Gasteiger partial charge in [-0.25, -0.2) is 4.98 Å². The molecule has 2 aromatic rings. The normalized spacial score (nSPS) is 19.8. The summed E-state index contributed by atoms with van der Waals surface area (Å²) in [5, 5.41) is 6.10. The summed E-state index contributed by atoms with van der Waals surface area (Å²) >= 11 is 1.62. The lowest BCUT2D eigenvalue weighted by atomic mass is 9.84. The molecule has 0 saturated carbocycles. The van der Waals surface area contributed by atoms with Gasteiger partial charge in [-0.3, -0.25) is 14.4 Å². The Morgan fingerprint density at radius 1 is 1.05 bits per heavy atom. The largest absolute Gasteiger partial charge is 0.350 e. The molecular weight excluding hydrogens is 498 g/mol. The van der Waals surface area contributed by atoms with Gasteiger partial charge in [0.15, 0.2) is 0 Å². The van der Waals surface area contributed by atoms with Crippen molar-refractivity contribution in [3.8, 4) is 10.4 Å². The molecule has 0 aliphatic carbocycles. The maximum atomic E-state index is 13.7. The molecule has 1 aromatic heterocycles. The highest BCUT2D eigenvalue weighted by Gasteiger charge is 2.42. The maximum Gasteiger partial charge on any atom is 0.246 e. The average Bonchev–Trinajstić information content (AvgIpc) is 3.55. The van der Waals surface area contributed by atoms with Crippen molar-refractivity contribution in [2.24, 2.45) is 11.3 Å². The van der Waals surface area contributed by atoms with Crippen molar-refractivity contribution in [3.05, 3.63) is 41.0 Å². The van der Waals surface area contributed by atoms with Gasteiger partial charge in [0, 0.05) is 19.0 Å².